The van der Waals surface area contributed by atoms with E-state index in [-0.39, 0.29) is 0 Å². The third-order valence-corrected chi connectivity index (χ3v) is 3.04. The van der Waals surface area contributed by atoms with Gasteiger partial charge in [-0.3, -0.25) is 0 Å². The Kier molecular flexibility index (Phi) is 5.38. The maximum atomic E-state index is 5.36. The molecule has 1 N–H and O–H groups in total. The zero-order chi connectivity index (χ0) is 12.0. The van der Waals surface area contributed by atoms with Crippen molar-refractivity contribution in [3.8, 4) is 5.88 Å². The smallest absolute Gasteiger partial charge is 0.226 e. The lowest BCUT2D eigenvalue weighted by atomic mass is 10.4. The number of rotatable bonds is 6. The topological polar surface area (TPSA) is 47.0 Å². The van der Waals surface area contributed by atoms with Gasteiger partial charge in [-0.05, 0) is 20.1 Å². The van der Waals surface area contributed by atoms with Crippen molar-refractivity contribution in [2.75, 3.05) is 24.7 Å². The van der Waals surface area contributed by atoms with Crippen LogP contribution in [-0.2, 0) is 0 Å². The lowest BCUT2D eigenvalue weighted by Gasteiger charge is -2.11. The SMILES string of the molecule is CCOc1cc(C)nc(NCC(C)SC)n1. The Labute approximate surface area is 101 Å². The summed E-state index contributed by atoms with van der Waals surface area (Å²) in [5.74, 6) is 1.28. The fourth-order valence-corrected chi connectivity index (χ4v) is 1.41. The van der Waals surface area contributed by atoms with Crippen molar-refractivity contribution in [3.05, 3.63) is 11.8 Å². The number of hydrogen-bond acceptors (Lipinski definition) is 5. The average molecular weight is 241 g/mol. The molecule has 4 nitrogen and oxygen atoms in total. The largest absolute Gasteiger partial charge is 0.478 e. The van der Waals surface area contributed by atoms with Crippen LogP contribution in [0.25, 0.3) is 0 Å². The van der Waals surface area contributed by atoms with E-state index in [4.69, 9.17) is 4.74 Å². The van der Waals surface area contributed by atoms with Gasteiger partial charge in [0, 0.05) is 23.6 Å². The standard InChI is InChI=1S/C11H19N3OS/c1-5-15-10-6-8(2)13-11(14-10)12-7-9(3)16-4/h6,9H,5,7H2,1-4H3,(H,12,13,14). The van der Waals surface area contributed by atoms with Crippen LogP contribution in [0.15, 0.2) is 6.07 Å². The number of nitrogens with zero attached hydrogens (tertiary/aromatic N) is 2. The summed E-state index contributed by atoms with van der Waals surface area (Å²) >= 11 is 1.81. The monoisotopic (exact) mass is 241 g/mol. The predicted octanol–water partition coefficient (Wildman–Crippen LogP) is 2.35. The molecule has 0 aliphatic carbocycles. The van der Waals surface area contributed by atoms with Crippen LogP contribution in [0.5, 0.6) is 5.88 Å². The van der Waals surface area contributed by atoms with Gasteiger partial charge in [0.15, 0.2) is 0 Å². The molecule has 1 aromatic rings. The first-order chi connectivity index (χ1) is 7.65. The molecule has 0 radical (unpaired) electrons. The first kappa shape index (κ1) is 13.1. The number of hydrogen-bond donors (Lipinski definition) is 1. The van der Waals surface area contributed by atoms with E-state index < -0.39 is 0 Å². The quantitative estimate of drug-likeness (QED) is 0.828. The molecular formula is C11H19N3OS. The highest BCUT2D eigenvalue weighted by Gasteiger charge is 2.04. The molecule has 0 aliphatic rings. The summed E-state index contributed by atoms with van der Waals surface area (Å²) in [4.78, 5) is 8.59. The molecule has 0 spiro atoms. The van der Waals surface area contributed by atoms with Gasteiger partial charge in [-0.25, -0.2) is 4.98 Å². The van der Waals surface area contributed by atoms with Crippen molar-refractivity contribution >= 4 is 17.7 Å². The van der Waals surface area contributed by atoms with Gasteiger partial charge in [0.2, 0.25) is 11.8 Å². The van der Waals surface area contributed by atoms with Gasteiger partial charge in [-0.15, -0.1) is 0 Å². The van der Waals surface area contributed by atoms with E-state index in [9.17, 15) is 0 Å². The van der Waals surface area contributed by atoms with Gasteiger partial charge < -0.3 is 10.1 Å². The van der Waals surface area contributed by atoms with Crippen LogP contribution in [0.3, 0.4) is 0 Å². The molecule has 1 atom stereocenters. The third-order valence-electron chi connectivity index (χ3n) is 2.07. The third kappa shape index (κ3) is 4.26. The maximum Gasteiger partial charge on any atom is 0.226 e. The summed E-state index contributed by atoms with van der Waals surface area (Å²) in [5.41, 5.74) is 0.915. The minimum absolute atomic E-state index is 0.541. The second kappa shape index (κ2) is 6.58. The second-order valence-corrected chi connectivity index (χ2v) is 4.81. The van der Waals surface area contributed by atoms with Crippen molar-refractivity contribution in [3.63, 3.8) is 0 Å². The lowest BCUT2D eigenvalue weighted by Crippen LogP contribution is -2.15. The summed E-state index contributed by atoms with van der Waals surface area (Å²) in [6.45, 7) is 7.53. The minimum atomic E-state index is 0.541. The Morgan fingerprint density at radius 2 is 2.25 bits per heavy atom. The van der Waals surface area contributed by atoms with E-state index in [2.05, 4.69) is 28.5 Å². The number of thioether (sulfide) groups is 1. The molecule has 0 bridgehead atoms. The van der Waals surface area contributed by atoms with E-state index in [1.54, 1.807) is 0 Å². The van der Waals surface area contributed by atoms with Crippen molar-refractivity contribution < 1.29 is 4.74 Å². The molecule has 0 aliphatic heterocycles. The normalized spacial score (nSPS) is 12.2. The highest BCUT2D eigenvalue weighted by atomic mass is 32.2. The second-order valence-electron chi connectivity index (χ2n) is 3.53. The van der Waals surface area contributed by atoms with Crippen molar-refractivity contribution in [2.45, 2.75) is 26.0 Å². The summed E-state index contributed by atoms with van der Waals surface area (Å²) in [5, 5.41) is 3.75. The summed E-state index contributed by atoms with van der Waals surface area (Å²) in [6, 6.07) is 1.84. The predicted molar refractivity (Wildman–Crippen MR) is 69.4 cm³/mol. The van der Waals surface area contributed by atoms with E-state index in [0.717, 1.165) is 12.2 Å². The molecule has 90 valence electrons. The molecule has 1 unspecified atom stereocenters. The van der Waals surface area contributed by atoms with Gasteiger partial charge in [0.05, 0.1) is 6.61 Å². The molecule has 1 heterocycles. The summed E-state index contributed by atoms with van der Waals surface area (Å²) in [6.07, 6.45) is 2.09. The van der Waals surface area contributed by atoms with Crippen LogP contribution in [0.2, 0.25) is 0 Å². The Morgan fingerprint density at radius 1 is 1.50 bits per heavy atom. The highest BCUT2D eigenvalue weighted by Crippen LogP contribution is 2.13. The zero-order valence-electron chi connectivity index (χ0n) is 10.3. The number of aryl methyl sites for hydroxylation is 1. The van der Waals surface area contributed by atoms with Gasteiger partial charge in [0.1, 0.15) is 0 Å². The fourth-order valence-electron chi connectivity index (χ4n) is 1.16. The zero-order valence-corrected chi connectivity index (χ0v) is 11.1. The Morgan fingerprint density at radius 3 is 2.88 bits per heavy atom. The maximum absolute atomic E-state index is 5.36. The van der Waals surface area contributed by atoms with E-state index in [1.165, 1.54) is 0 Å². The van der Waals surface area contributed by atoms with Gasteiger partial charge in [-0.2, -0.15) is 16.7 Å². The van der Waals surface area contributed by atoms with Crippen molar-refractivity contribution in [1.82, 2.24) is 9.97 Å². The van der Waals surface area contributed by atoms with Crippen LogP contribution in [-0.4, -0.2) is 34.6 Å². The van der Waals surface area contributed by atoms with E-state index >= 15 is 0 Å². The first-order valence-corrected chi connectivity index (χ1v) is 6.69. The van der Waals surface area contributed by atoms with Crippen LogP contribution in [0.1, 0.15) is 19.5 Å². The fraction of sp³-hybridized carbons (Fsp3) is 0.636. The van der Waals surface area contributed by atoms with Crippen LogP contribution in [0.4, 0.5) is 5.95 Å². The first-order valence-electron chi connectivity index (χ1n) is 5.40. The van der Waals surface area contributed by atoms with E-state index in [0.29, 0.717) is 23.7 Å². The van der Waals surface area contributed by atoms with Crippen LogP contribution < -0.4 is 10.1 Å². The number of aromatic nitrogens is 2. The van der Waals surface area contributed by atoms with Gasteiger partial charge in [0.25, 0.3) is 0 Å². The molecule has 0 amide bonds. The molecular weight excluding hydrogens is 222 g/mol. The molecule has 5 heteroatoms. The van der Waals surface area contributed by atoms with E-state index in [1.807, 2.05) is 31.7 Å². The van der Waals surface area contributed by atoms with Crippen molar-refractivity contribution in [1.29, 1.82) is 0 Å². The summed E-state index contributed by atoms with van der Waals surface area (Å²) < 4.78 is 5.36. The number of ether oxygens (including phenoxy) is 1. The highest BCUT2D eigenvalue weighted by molar-refractivity contribution is 7.99. The molecule has 0 fully saturated rings. The number of nitrogens with one attached hydrogen (secondary N) is 1. The molecule has 0 saturated heterocycles. The lowest BCUT2D eigenvalue weighted by molar-refractivity contribution is 0.326. The molecule has 1 rings (SSSR count). The molecule has 0 aromatic carbocycles. The van der Waals surface area contributed by atoms with Crippen LogP contribution >= 0.6 is 11.8 Å². The van der Waals surface area contributed by atoms with Crippen molar-refractivity contribution in [2.24, 2.45) is 0 Å². The molecule has 1 aromatic heterocycles. The Balaban J connectivity index is 2.64. The molecule has 16 heavy (non-hydrogen) atoms. The van der Waals surface area contributed by atoms with Gasteiger partial charge >= 0.3 is 0 Å². The Bertz CT molecular complexity index is 333. The Hall–Kier alpha value is -0.970. The van der Waals surface area contributed by atoms with Gasteiger partial charge in [-0.1, -0.05) is 6.92 Å². The van der Waals surface area contributed by atoms with Crippen LogP contribution in [0, 0.1) is 6.92 Å². The molecule has 0 saturated carbocycles. The number of anilines is 1. The summed E-state index contributed by atoms with van der Waals surface area (Å²) in [7, 11) is 0. The minimum Gasteiger partial charge on any atom is -0.478 e. The average Bonchev–Trinajstić information content (AvgIpc) is 2.25.